The first-order chi connectivity index (χ1) is 20.1. The molecule has 0 unspecified atom stereocenters. The molecule has 0 spiro atoms. The molecule has 0 aliphatic heterocycles. The second-order valence-corrected chi connectivity index (χ2v) is 10.6. The number of benzene rings is 1. The zero-order valence-corrected chi connectivity index (χ0v) is 22.2. The molecule has 0 saturated heterocycles. The van der Waals surface area contributed by atoms with Gasteiger partial charge in [0.25, 0.3) is 0 Å². The number of imidazole rings is 1. The van der Waals surface area contributed by atoms with Gasteiger partial charge in [-0.05, 0) is 61.2 Å². The van der Waals surface area contributed by atoms with Crippen molar-refractivity contribution in [1.29, 1.82) is 0 Å². The lowest BCUT2D eigenvalue weighted by molar-refractivity contribution is -0.117. The van der Waals surface area contributed by atoms with E-state index >= 15 is 0 Å². The van der Waals surface area contributed by atoms with Crippen LogP contribution >= 0.6 is 0 Å². The van der Waals surface area contributed by atoms with Crippen molar-refractivity contribution in [2.24, 2.45) is 5.92 Å². The molecule has 1 aromatic carbocycles. The van der Waals surface area contributed by atoms with Gasteiger partial charge in [-0.2, -0.15) is 5.10 Å². The number of halogens is 1. The number of nitrogens with zero attached hydrogens (tertiary/aromatic N) is 5. The maximum absolute atomic E-state index is 13.5. The van der Waals surface area contributed by atoms with Crippen LogP contribution < -0.4 is 5.32 Å². The summed E-state index contributed by atoms with van der Waals surface area (Å²) in [4.78, 5) is 34.3. The topological polar surface area (TPSA) is 125 Å². The molecule has 41 heavy (non-hydrogen) atoms. The summed E-state index contributed by atoms with van der Waals surface area (Å²) in [6.07, 6.45) is 13.3. The fraction of sp³-hybridized carbons (Fsp3) is 0.226. The van der Waals surface area contributed by atoms with Gasteiger partial charge in [-0.3, -0.25) is 24.8 Å². The van der Waals surface area contributed by atoms with Crippen molar-refractivity contribution in [2.75, 3.05) is 5.32 Å². The highest BCUT2D eigenvalue weighted by Gasteiger charge is 2.19. The third-order valence-corrected chi connectivity index (χ3v) is 7.71. The minimum absolute atomic E-state index is 0.0239. The molecule has 1 aliphatic rings. The Morgan fingerprint density at radius 1 is 0.927 bits per heavy atom. The molecular formula is C31H27FN8O. The Hall–Kier alpha value is -4.99. The standard InChI is InChI=1S/C31H27FN8O/c32-21-8-6-19(7-9-21)28-30-24(10-11-34-28)37-31(38-30)29-23-14-25(35-17-26(23)39-40-29)20-13-22(16-33-15-20)36-27(41)12-18-4-2-1-3-5-18/h6-11,13-18H,1-5,12H2,(H,36,41)(H,37,38)(H,39,40). The Morgan fingerprint density at radius 2 is 1.78 bits per heavy atom. The summed E-state index contributed by atoms with van der Waals surface area (Å²) in [6.45, 7) is 0. The molecule has 1 aliphatic carbocycles. The quantitative estimate of drug-likeness (QED) is 0.214. The highest BCUT2D eigenvalue weighted by molar-refractivity contribution is 5.97. The van der Waals surface area contributed by atoms with Gasteiger partial charge in [0.15, 0.2) is 5.82 Å². The summed E-state index contributed by atoms with van der Waals surface area (Å²) in [7, 11) is 0. The average Bonchev–Trinajstić information content (AvgIpc) is 3.62. The van der Waals surface area contributed by atoms with E-state index in [1.165, 1.54) is 31.4 Å². The minimum Gasteiger partial charge on any atom is -0.336 e. The average molecular weight is 547 g/mol. The van der Waals surface area contributed by atoms with Crippen molar-refractivity contribution in [2.45, 2.75) is 38.5 Å². The number of aromatic nitrogens is 7. The molecule has 6 aromatic rings. The number of rotatable bonds is 6. The number of carbonyl (C=O) groups is 1. The largest absolute Gasteiger partial charge is 0.336 e. The van der Waals surface area contributed by atoms with Crippen LogP contribution in [0.1, 0.15) is 38.5 Å². The van der Waals surface area contributed by atoms with Gasteiger partial charge in [0, 0.05) is 35.3 Å². The van der Waals surface area contributed by atoms with Crippen LogP contribution in [0.4, 0.5) is 10.1 Å². The van der Waals surface area contributed by atoms with Crippen LogP contribution in [-0.2, 0) is 4.79 Å². The maximum atomic E-state index is 13.5. The molecule has 1 fully saturated rings. The first-order valence-corrected chi connectivity index (χ1v) is 13.8. The smallest absolute Gasteiger partial charge is 0.224 e. The van der Waals surface area contributed by atoms with E-state index in [1.807, 2.05) is 18.2 Å². The number of carbonyl (C=O) groups excluding carboxylic acids is 1. The number of aromatic amines is 2. The molecular weight excluding hydrogens is 519 g/mol. The molecule has 0 radical (unpaired) electrons. The minimum atomic E-state index is -0.307. The second-order valence-electron chi connectivity index (χ2n) is 10.6. The molecule has 5 aromatic heterocycles. The van der Waals surface area contributed by atoms with Crippen LogP contribution in [0.25, 0.3) is 56.0 Å². The van der Waals surface area contributed by atoms with Gasteiger partial charge in [-0.1, -0.05) is 19.3 Å². The van der Waals surface area contributed by atoms with E-state index in [2.05, 4.69) is 35.5 Å². The first kappa shape index (κ1) is 25.0. The van der Waals surface area contributed by atoms with Crippen LogP contribution in [0.5, 0.6) is 0 Å². The summed E-state index contributed by atoms with van der Waals surface area (Å²) < 4.78 is 13.5. The van der Waals surface area contributed by atoms with Crippen LogP contribution in [0.3, 0.4) is 0 Å². The van der Waals surface area contributed by atoms with Gasteiger partial charge in [0.1, 0.15) is 17.0 Å². The fourth-order valence-electron chi connectivity index (χ4n) is 5.64. The van der Waals surface area contributed by atoms with Crippen molar-refractivity contribution < 1.29 is 9.18 Å². The van der Waals surface area contributed by atoms with Gasteiger partial charge in [-0.15, -0.1) is 0 Å². The predicted octanol–water partition coefficient (Wildman–Crippen LogP) is 6.67. The van der Waals surface area contributed by atoms with Crippen molar-refractivity contribution in [3.05, 3.63) is 73.1 Å². The van der Waals surface area contributed by atoms with Crippen molar-refractivity contribution in [3.63, 3.8) is 0 Å². The number of fused-ring (bicyclic) bond motifs is 2. The molecule has 0 atom stereocenters. The lowest BCUT2D eigenvalue weighted by Crippen LogP contribution is -2.18. The maximum Gasteiger partial charge on any atom is 0.224 e. The predicted molar refractivity (Wildman–Crippen MR) is 155 cm³/mol. The SMILES string of the molecule is O=C(CC1CCCCC1)Nc1cncc(-c2cc3c(-c4nc5c(-c6ccc(F)cc6)nccc5[nH]4)n[nH]c3cn2)c1. The number of H-pyrrole nitrogens is 2. The van der Waals surface area contributed by atoms with Crippen molar-refractivity contribution in [1.82, 2.24) is 35.1 Å². The summed E-state index contributed by atoms with van der Waals surface area (Å²) >= 11 is 0. The highest BCUT2D eigenvalue weighted by Crippen LogP contribution is 2.32. The first-order valence-electron chi connectivity index (χ1n) is 13.8. The van der Waals surface area contributed by atoms with Gasteiger partial charge in [0.2, 0.25) is 5.91 Å². The molecule has 5 heterocycles. The van der Waals surface area contributed by atoms with E-state index < -0.39 is 0 Å². The van der Waals surface area contributed by atoms with Crippen LogP contribution in [0.2, 0.25) is 0 Å². The summed E-state index contributed by atoms with van der Waals surface area (Å²) in [6, 6.07) is 11.9. The fourth-order valence-corrected chi connectivity index (χ4v) is 5.64. The summed E-state index contributed by atoms with van der Waals surface area (Å²) in [5.41, 5.74) is 6.40. The Balaban J connectivity index is 1.19. The number of anilines is 1. The van der Waals surface area contributed by atoms with Crippen LogP contribution in [0, 0.1) is 11.7 Å². The number of hydrogen-bond donors (Lipinski definition) is 3. The number of hydrogen-bond acceptors (Lipinski definition) is 6. The van der Waals surface area contributed by atoms with Crippen molar-refractivity contribution >= 4 is 33.5 Å². The van der Waals surface area contributed by atoms with E-state index in [0.29, 0.717) is 46.4 Å². The highest BCUT2D eigenvalue weighted by atomic mass is 19.1. The Kier molecular flexibility index (Phi) is 6.42. The third-order valence-electron chi connectivity index (χ3n) is 7.71. The zero-order valence-electron chi connectivity index (χ0n) is 22.2. The zero-order chi connectivity index (χ0) is 27.8. The second kappa shape index (κ2) is 10.5. The molecule has 10 heteroatoms. The molecule has 0 bridgehead atoms. The van der Waals surface area contributed by atoms with Gasteiger partial charge in [-0.25, -0.2) is 9.37 Å². The Morgan fingerprint density at radius 3 is 2.63 bits per heavy atom. The number of nitrogens with one attached hydrogen (secondary N) is 3. The normalized spacial score (nSPS) is 14.1. The molecule has 1 amide bonds. The monoisotopic (exact) mass is 546 g/mol. The van der Waals surface area contributed by atoms with Gasteiger partial charge >= 0.3 is 0 Å². The van der Waals surface area contributed by atoms with Gasteiger partial charge in [0.05, 0.1) is 40.5 Å². The Labute approximate surface area is 234 Å². The van der Waals surface area contributed by atoms with E-state index in [-0.39, 0.29) is 11.7 Å². The van der Waals surface area contributed by atoms with Crippen molar-refractivity contribution in [3.8, 4) is 34.0 Å². The van der Waals surface area contributed by atoms with E-state index in [0.717, 1.165) is 40.4 Å². The van der Waals surface area contributed by atoms with E-state index in [4.69, 9.17) is 4.98 Å². The molecule has 7 rings (SSSR count). The molecule has 204 valence electrons. The van der Waals surface area contributed by atoms with Crippen LogP contribution in [-0.4, -0.2) is 41.0 Å². The number of amides is 1. The van der Waals surface area contributed by atoms with Crippen LogP contribution in [0.15, 0.2) is 67.3 Å². The molecule has 9 nitrogen and oxygen atoms in total. The molecule has 3 N–H and O–H groups in total. The Bertz CT molecular complexity index is 1870. The summed E-state index contributed by atoms with van der Waals surface area (Å²) in [5.74, 6) is 0.750. The molecule has 1 saturated carbocycles. The third kappa shape index (κ3) is 5.04. The lowest BCUT2D eigenvalue weighted by atomic mass is 9.87. The van der Waals surface area contributed by atoms with Gasteiger partial charge < -0.3 is 10.3 Å². The number of pyridine rings is 3. The van der Waals surface area contributed by atoms with E-state index in [9.17, 15) is 9.18 Å². The van der Waals surface area contributed by atoms with E-state index in [1.54, 1.807) is 36.9 Å². The summed E-state index contributed by atoms with van der Waals surface area (Å²) in [5, 5.41) is 11.4. The lowest BCUT2D eigenvalue weighted by Gasteiger charge is -2.20.